The van der Waals surface area contributed by atoms with Crippen molar-refractivity contribution in [1.82, 2.24) is 36.4 Å². The Hall–Kier alpha value is -5.01. The summed E-state index contributed by atoms with van der Waals surface area (Å²) in [4.78, 5) is 100. The van der Waals surface area contributed by atoms with Gasteiger partial charge in [0.25, 0.3) is 0 Å². The normalized spacial score (nSPS) is 29.1. The number of rotatable bonds is 20. The predicted molar refractivity (Wildman–Crippen MR) is 264 cm³/mol. The number of hydrogen-bond donors (Lipinski definition) is 14. The second-order valence-corrected chi connectivity index (χ2v) is 20.4. The standard InChI is InChI=1S/C50H82N8O15/c1-5-27(2)22-28(3)12-10-8-6-7-9-11-13-39(66)52-33-25-38(65)46(69)56-48(71)43-36(63)19-21-57(43)50(73)42(35(62)18-20-51)55-47(70)41(37(64)23-30-14-16-31(60)17-15-30)54-45(68)34-24-32(61)26-58(34)49(72)40(29(4)59)53-44(33)67/h14-17,27-29,32-38,40-43,46,59-65,69H,5-13,18-26,51H2,1-4H3,(H,52,66)(H,53,67)(H,54,68)(H,55,70)(H,56,71)/t27?,28?,29-,32-,33+,34+,35-,36+,37-,38-,40+,41+,42+,43+,46-/m1/s1. The topological polar surface area (TPSA) is 374 Å². The van der Waals surface area contributed by atoms with Crippen LogP contribution in [0.5, 0.6) is 5.75 Å². The van der Waals surface area contributed by atoms with Crippen LogP contribution in [0.15, 0.2) is 24.3 Å². The van der Waals surface area contributed by atoms with Gasteiger partial charge in [-0.3, -0.25) is 33.6 Å². The fourth-order valence-corrected chi connectivity index (χ4v) is 9.78. The van der Waals surface area contributed by atoms with Gasteiger partial charge in [0.1, 0.15) is 48.1 Å². The van der Waals surface area contributed by atoms with E-state index in [0.717, 1.165) is 55.2 Å². The number of phenols is 1. The van der Waals surface area contributed by atoms with E-state index in [1.807, 2.05) is 0 Å². The molecule has 1 aromatic carbocycles. The van der Waals surface area contributed by atoms with E-state index in [9.17, 15) is 74.4 Å². The van der Waals surface area contributed by atoms with E-state index in [4.69, 9.17) is 5.73 Å². The van der Waals surface area contributed by atoms with E-state index in [0.29, 0.717) is 30.2 Å². The molecule has 4 rings (SSSR count). The Labute approximate surface area is 427 Å². The molecule has 3 heterocycles. The Balaban J connectivity index is 1.66. The third-order valence-electron chi connectivity index (χ3n) is 14.2. The molecule has 23 nitrogen and oxygen atoms in total. The van der Waals surface area contributed by atoms with Crippen LogP contribution >= 0.6 is 0 Å². The van der Waals surface area contributed by atoms with Gasteiger partial charge < -0.3 is 83.0 Å². The number of nitrogens with one attached hydrogen (secondary N) is 5. The number of phenolic OH excluding ortho intramolecular Hbond substituents is 1. The van der Waals surface area contributed by atoms with Crippen LogP contribution in [0, 0.1) is 11.8 Å². The third-order valence-corrected chi connectivity index (χ3v) is 14.2. The summed E-state index contributed by atoms with van der Waals surface area (Å²) in [5.74, 6) is -6.28. The minimum absolute atomic E-state index is 0.0429. The van der Waals surface area contributed by atoms with Crippen molar-refractivity contribution in [2.24, 2.45) is 17.6 Å². The van der Waals surface area contributed by atoms with E-state index < -0.39 is 140 Å². The highest BCUT2D eigenvalue weighted by atomic mass is 16.3. The first-order chi connectivity index (χ1) is 34.6. The molecule has 15 N–H and O–H groups in total. The first-order valence-corrected chi connectivity index (χ1v) is 25.9. The molecule has 0 aromatic heterocycles. The Bertz CT molecular complexity index is 1980. The fraction of sp³-hybridized carbons (Fsp3) is 0.740. The van der Waals surface area contributed by atoms with Gasteiger partial charge in [0.05, 0.1) is 30.5 Å². The second kappa shape index (κ2) is 29.2. The zero-order valence-electron chi connectivity index (χ0n) is 42.6. The molecular formula is C50H82N8O15. The first kappa shape index (κ1) is 60.5. The van der Waals surface area contributed by atoms with Gasteiger partial charge in [0.15, 0.2) is 6.23 Å². The van der Waals surface area contributed by atoms with Crippen molar-refractivity contribution in [1.29, 1.82) is 0 Å². The minimum atomic E-state index is -2.20. The molecule has 0 spiro atoms. The maximum Gasteiger partial charge on any atom is 0.248 e. The number of amides is 7. The van der Waals surface area contributed by atoms with Crippen LogP contribution in [0.1, 0.15) is 123 Å². The van der Waals surface area contributed by atoms with Crippen molar-refractivity contribution in [3.05, 3.63) is 29.8 Å². The van der Waals surface area contributed by atoms with Gasteiger partial charge in [-0.05, 0) is 68.7 Å². The number of aliphatic hydroxyl groups is 7. The molecule has 2 unspecified atom stereocenters. The largest absolute Gasteiger partial charge is 0.508 e. The number of hydrogen-bond acceptors (Lipinski definition) is 16. The molecule has 3 aliphatic heterocycles. The lowest BCUT2D eigenvalue weighted by Gasteiger charge is -2.34. The Morgan fingerprint density at radius 2 is 1.33 bits per heavy atom. The van der Waals surface area contributed by atoms with Gasteiger partial charge in [0.2, 0.25) is 41.4 Å². The maximum atomic E-state index is 14.4. The van der Waals surface area contributed by atoms with Gasteiger partial charge in [-0.15, -0.1) is 0 Å². The van der Waals surface area contributed by atoms with Crippen LogP contribution in [0.4, 0.5) is 0 Å². The first-order valence-electron chi connectivity index (χ1n) is 25.9. The molecule has 3 fully saturated rings. The van der Waals surface area contributed by atoms with Gasteiger partial charge in [0, 0.05) is 38.8 Å². The van der Waals surface area contributed by atoms with Gasteiger partial charge in [-0.2, -0.15) is 0 Å². The number of unbranched alkanes of at least 4 members (excludes halogenated alkanes) is 5. The maximum absolute atomic E-state index is 14.4. The predicted octanol–water partition coefficient (Wildman–Crippen LogP) is -2.36. The fourth-order valence-electron chi connectivity index (χ4n) is 9.78. The van der Waals surface area contributed by atoms with Crippen molar-refractivity contribution >= 4 is 41.4 Å². The molecule has 3 aliphatic rings. The number of benzene rings is 1. The molecule has 0 radical (unpaired) electrons. The molecule has 73 heavy (non-hydrogen) atoms. The van der Waals surface area contributed by atoms with Crippen LogP contribution < -0.4 is 32.3 Å². The number of aliphatic hydroxyl groups excluding tert-OH is 7. The number of carbonyl (C=O) groups excluding carboxylic acids is 7. The van der Waals surface area contributed by atoms with E-state index in [-0.39, 0.29) is 44.5 Å². The van der Waals surface area contributed by atoms with Crippen LogP contribution in [0.3, 0.4) is 0 Å². The highest BCUT2D eigenvalue weighted by Gasteiger charge is 2.48. The highest BCUT2D eigenvalue weighted by Crippen LogP contribution is 2.25. The summed E-state index contributed by atoms with van der Waals surface area (Å²) in [6.07, 6.45) is -5.84. The molecule has 0 saturated carbocycles. The molecule has 7 amide bonds. The molecule has 15 atom stereocenters. The summed E-state index contributed by atoms with van der Waals surface area (Å²) in [7, 11) is 0. The van der Waals surface area contributed by atoms with E-state index >= 15 is 0 Å². The van der Waals surface area contributed by atoms with E-state index in [1.165, 1.54) is 30.7 Å². The number of aromatic hydroxyl groups is 1. The lowest BCUT2D eigenvalue weighted by molar-refractivity contribution is -0.148. The Kier molecular flexibility index (Phi) is 24.2. The summed E-state index contributed by atoms with van der Waals surface area (Å²) in [6.45, 7) is 6.85. The number of nitrogens with zero attached hydrogens (tertiary/aromatic N) is 2. The Morgan fingerprint density at radius 1 is 0.712 bits per heavy atom. The molecule has 412 valence electrons. The molecule has 0 aliphatic carbocycles. The van der Waals surface area contributed by atoms with E-state index in [2.05, 4.69) is 47.4 Å². The van der Waals surface area contributed by atoms with Crippen molar-refractivity contribution in [3.8, 4) is 5.75 Å². The summed E-state index contributed by atoms with van der Waals surface area (Å²) < 4.78 is 0. The van der Waals surface area contributed by atoms with Gasteiger partial charge >= 0.3 is 0 Å². The lowest BCUT2D eigenvalue weighted by atomic mass is 9.91. The van der Waals surface area contributed by atoms with E-state index in [1.54, 1.807) is 0 Å². The van der Waals surface area contributed by atoms with Crippen molar-refractivity contribution in [2.75, 3.05) is 19.6 Å². The molecule has 0 bridgehead atoms. The van der Waals surface area contributed by atoms with Crippen molar-refractivity contribution in [3.63, 3.8) is 0 Å². The Morgan fingerprint density at radius 3 is 1.97 bits per heavy atom. The van der Waals surface area contributed by atoms with Gasteiger partial charge in [-0.25, -0.2) is 0 Å². The zero-order valence-corrected chi connectivity index (χ0v) is 42.6. The van der Waals surface area contributed by atoms with Gasteiger partial charge in [-0.1, -0.05) is 77.8 Å². The summed E-state index contributed by atoms with van der Waals surface area (Å²) in [5, 5.41) is 99.7. The van der Waals surface area contributed by atoms with Crippen molar-refractivity contribution in [2.45, 2.75) is 203 Å². The second-order valence-electron chi connectivity index (χ2n) is 20.4. The molecular weight excluding hydrogens is 953 g/mol. The van der Waals surface area contributed by atoms with Crippen LogP contribution in [-0.4, -0.2) is 191 Å². The number of carbonyl (C=O) groups is 7. The summed E-state index contributed by atoms with van der Waals surface area (Å²) in [5.41, 5.74) is 6.09. The van der Waals surface area contributed by atoms with Crippen LogP contribution in [0.2, 0.25) is 0 Å². The average Bonchev–Trinajstić information content (AvgIpc) is 3.93. The third kappa shape index (κ3) is 17.8. The molecule has 23 heteroatoms. The zero-order chi connectivity index (χ0) is 54.1. The summed E-state index contributed by atoms with van der Waals surface area (Å²) in [6, 6.07) is -5.38. The van der Waals surface area contributed by atoms with Crippen LogP contribution in [-0.2, 0) is 40.0 Å². The number of fused-ring (bicyclic) bond motifs is 2. The summed E-state index contributed by atoms with van der Waals surface area (Å²) >= 11 is 0. The average molecular weight is 1040 g/mol. The smallest absolute Gasteiger partial charge is 0.248 e. The minimum Gasteiger partial charge on any atom is -0.508 e. The quantitative estimate of drug-likeness (QED) is 0.0608. The molecule has 1 aromatic rings. The van der Waals surface area contributed by atoms with Crippen molar-refractivity contribution < 1.29 is 74.4 Å². The lowest BCUT2D eigenvalue weighted by Crippen LogP contribution is -2.64. The number of nitrogens with two attached hydrogens (primary N) is 1. The monoisotopic (exact) mass is 1030 g/mol. The highest BCUT2D eigenvalue weighted by molar-refractivity contribution is 5.98. The molecule has 3 saturated heterocycles. The van der Waals surface area contributed by atoms with Crippen LogP contribution in [0.25, 0.3) is 0 Å². The SMILES string of the molecule is CCC(C)CC(C)CCCCCCCCC(=O)N[C@H]1C[C@@H](O)[C@@H](O)NC(=O)[C@@H]2[C@@H](O)CCN2C(=O)[C@H]([C@H](O)CCN)NC(=O)[C@H]([C@H](O)Cc2ccc(O)cc2)NC(=O)[C@@H]2C[C@@H](O)CN2C(=O)[C@H]([C@@H](C)O)NC1=O.